The summed E-state index contributed by atoms with van der Waals surface area (Å²) in [6.45, 7) is 3.57. The molecule has 0 bridgehead atoms. The normalized spacial score (nSPS) is 22.5. The predicted octanol–water partition coefficient (Wildman–Crippen LogP) is 3.21. The SMILES string of the molecule is Cc1ccc(C(NC(=O)C2CCN(C(=O)C3CC3)CC2)C2CC2)cc1. The van der Waals surface area contributed by atoms with Crippen molar-refractivity contribution in [3.8, 4) is 0 Å². The maximum atomic E-state index is 12.8. The van der Waals surface area contributed by atoms with E-state index in [0.29, 0.717) is 11.8 Å². The van der Waals surface area contributed by atoms with Crippen molar-refractivity contribution in [3.05, 3.63) is 35.4 Å². The lowest BCUT2D eigenvalue weighted by atomic mass is 9.94. The van der Waals surface area contributed by atoms with E-state index in [1.807, 2.05) is 4.90 Å². The van der Waals surface area contributed by atoms with Gasteiger partial charge in [0.05, 0.1) is 6.04 Å². The van der Waals surface area contributed by atoms with E-state index in [0.717, 1.165) is 38.8 Å². The third-order valence-corrected chi connectivity index (χ3v) is 5.93. The quantitative estimate of drug-likeness (QED) is 0.895. The maximum Gasteiger partial charge on any atom is 0.225 e. The van der Waals surface area contributed by atoms with Gasteiger partial charge in [-0.1, -0.05) is 29.8 Å². The molecule has 1 unspecified atom stereocenters. The van der Waals surface area contributed by atoms with Crippen molar-refractivity contribution in [1.82, 2.24) is 10.2 Å². The number of benzene rings is 1. The molecule has 0 radical (unpaired) electrons. The summed E-state index contributed by atoms with van der Waals surface area (Å²) >= 11 is 0. The number of nitrogens with zero attached hydrogens (tertiary/aromatic N) is 1. The summed E-state index contributed by atoms with van der Waals surface area (Å²) < 4.78 is 0. The molecule has 4 nitrogen and oxygen atoms in total. The first-order valence-electron chi connectivity index (χ1n) is 9.77. The van der Waals surface area contributed by atoms with Gasteiger partial charge in [0.15, 0.2) is 0 Å². The number of carbonyl (C=O) groups is 2. The first-order chi connectivity index (χ1) is 12.1. The molecule has 1 aromatic carbocycles. The number of nitrogens with one attached hydrogen (secondary N) is 1. The zero-order chi connectivity index (χ0) is 17.4. The standard InChI is InChI=1S/C21H28N2O2/c1-14-2-4-15(5-3-14)19(16-6-7-16)22-20(24)17-10-12-23(13-11-17)21(25)18-8-9-18/h2-5,16-19H,6-13H2,1H3,(H,22,24). The van der Waals surface area contributed by atoms with Crippen molar-refractivity contribution >= 4 is 11.8 Å². The Morgan fingerprint density at radius 3 is 2.16 bits per heavy atom. The van der Waals surface area contributed by atoms with Crippen LogP contribution in [0.25, 0.3) is 0 Å². The van der Waals surface area contributed by atoms with Crippen LogP contribution in [0.1, 0.15) is 55.7 Å². The largest absolute Gasteiger partial charge is 0.349 e. The Morgan fingerprint density at radius 2 is 1.60 bits per heavy atom. The number of aryl methyl sites for hydroxylation is 1. The highest BCUT2D eigenvalue weighted by molar-refractivity contribution is 5.82. The fourth-order valence-corrected chi connectivity index (χ4v) is 3.90. The summed E-state index contributed by atoms with van der Waals surface area (Å²) in [6, 6.07) is 8.70. The molecule has 2 aliphatic carbocycles. The second kappa shape index (κ2) is 6.81. The minimum atomic E-state index is 0.0509. The maximum absolute atomic E-state index is 12.8. The fourth-order valence-electron chi connectivity index (χ4n) is 3.90. The van der Waals surface area contributed by atoms with Crippen LogP contribution in [0.3, 0.4) is 0 Å². The zero-order valence-electron chi connectivity index (χ0n) is 15.0. The number of hydrogen-bond donors (Lipinski definition) is 1. The molecule has 1 heterocycles. The Morgan fingerprint density at radius 1 is 0.960 bits per heavy atom. The van der Waals surface area contributed by atoms with E-state index in [1.165, 1.54) is 24.0 Å². The Bertz CT molecular complexity index is 638. The van der Waals surface area contributed by atoms with Gasteiger partial charge in [0.2, 0.25) is 11.8 Å². The lowest BCUT2D eigenvalue weighted by molar-refractivity contribution is -0.136. The molecule has 3 aliphatic rings. The second-order valence-corrected chi connectivity index (χ2v) is 8.11. The number of amides is 2. The Kier molecular flexibility index (Phi) is 4.53. The van der Waals surface area contributed by atoms with Crippen LogP contribution in [0.2, 0.25) is 0 Å². The summed E-state index contributed by atoms with van der Waals surface area (Å²) in [6.07, 6.45) is 6.11. The number of likely N-dealkylation sites (tertiary alicyclic amines) is 1. The minimum Gasteiger partial charge on any atom is -0.349 e. The molecule has 2 saturated carbocycles. The molecule has 1 aliphatic heterocycles. The van der Waals surface area contributed by atoms with Gasteiger partial charge in [-0.25, -0.2) is 0 Å². The average molecular weight is 340 g/mol. The second-order valence-electron chi connectivity index (χ2n) is 8.11. The van der Waals surface area contributed by atoms with Gasteiger partial charge in [-0.15, -0.1) is 0 Å². The van der Waals surface area contributed by atoms with Crippen molar-refractivity contribution in [2.24, 2.45) is 17.8 Å². The molecule has 3 fully saturated rings. The Labute approximate surface area is 150 Å². The average Bonchev–Trinajstić information content (AvgIpc) is 3.52. The van der Waals surface area contributed by atoms with E-state index in [9.17, 15) is 9.59 Å². The topological polar surface area (TPSA) is 49.4 Å². The van der Waals surface area contributed by atoms with Gasteiger partial charge in [-0.2, -0.15) is 0 Å². The molecule has 0 spiro atoms. The van der Waals surface area contributed by atoms with Crippen LogP contribution in [0.5, 0.6) is 0 Å². The molecule has 25 heavy (non-hydrogen) atoms. The smallest absolute Gasteiger partial charge is 0.225 e. The summed E-state index contributed by atoms with van der Waals surface area (Å²) in [5.41, 5.74) is 2.47. The van der Waals surface area contributed by atoms with Crippen molar-refractivity contribution in [3.63, 3.8) is 0 Å². The Balaban J connectivity index is 1.34. The lowest BCUT2D eigenvalue weighted by Gasteiger charge is -2.32. The predicted molar refractivity (Wildman–Crippen MR) is 96.8 cm³/mol. The minimum absolute atomic E-state index is 0.0509. The van der Waals surface area contributed by atoms with Gasteiger partial charge < -0.3 is 10.2 Å². The monoisotopic (exact) mass is 340 g/mol. The number of hydrogen-bond acceptors (Lipinski definition) is 2. The molecular formula is C21H28N2O2. The van der Waals surface area contributed by atoms with Crippen molar-refractivity contribution in [2.75, 3.05) is 13.1 Å². The lowest BCUT2D eigenvalue weighted by Crippen LogP contribution is -2.44. The van der Waals surface area contributed by atoms with Crippen LogP contribution in [0, 0.1) is 24.7 Å². The van der Waals surface area contributed by atoms with E-state index in [2.05, 4.69) is 36.5 Å². The van der Waals surface area contributed by atoms with Crippen LogP contribution in [-0.4, -0.2) is 29.8 Å². The number of rotatable bonds is 5. The van der Waals surface area contributed by atoms with Crippen LogP contribution in [0.15, 0.2) is 24.3 Å². The van der Waals surface area contributed by atoms with E-state index in [4.69, 9.17) is 0 Å². The van der Waals surface area contributed by atoms with Crippen LogP contribution < -0.4 is 5.32 Å². The zero-order valence-corrected chi connectivity index (χ0v) is 15.0. The van der Waals surface area contributed by atoms with Crippen molar-refractivity contribution in [2.45, 2.75) is 51.5 Å². The molecule has 0 aromatic heterocycles. The molecule has 134 valence electrons. The number of carbonyl (C=O) groups excluding carboxylic acids is 2. The first-order valence-corrected chi connectivity index (χ1v) is 9.77. The molecule has 1 aromatic rings. The third-order valence-electron chi connectivity index (χ3n) is 5.93. The molecular weight excluding hydrogens is 312 g/mol. The van der Waals surface area contributed by atoms with E-state index < -0.39 is 0 Å². The van der Waals surface area contributed by atoms with E-state index in [1.54, 1.807) is 0 Å². The third kappa shape index (κ3) is 3.88. The van der Waals surface area contributed by atoms with E-state index >= 15 is 0 Å². The van der Waals surface area contributed by atoms with Gasteiger partial charge in [0.25, 0.3) is 0 Å². The van der Waals surface area contributed by atoms with Crippen LogP contribution in [0.4, 0.5) is 0 Å². The Hall–Kier alpha value is -1.84. The molecule has 2 amide bonds. The van der Waals surface area contributed by atoms with Gasteiger partial charge in [0.1, 0.15) is 0 Å². The van der Waals surface area contributed by atoms with Crippen LogP contribution >= 0.6 is 0 Å². The van der Waals surface area contributed by atoms with Crippen molar-refractivity contribution in [1.29, 1.82) is 0 Å². The fraction of sp³-hybridized carbons (Fsp3) is 0.619. The molecule has 4 rings (SSSR count). The van der Waals surface area contributed by atoms with Gasteiger partial charge in [-0.05, 0) is 56.9 Å². The van der Waals surface area contributed by atoms with Gasteiger partial charge in [-0.3, -0.25) is 9.59 Å². The highest BCUT2D eigenvalue weighted by atomic mass is 16.2. The van der Waals surface area contributed by atoms with Gasteiger partial charge >= 0.3 is 0 Å². The van der Waals surface area contributed by atoms with Crippen LogP contribution in [-0.2, 0) is 9.59 Å². The first kappa shape index (κ1) is 16.6. The molecule has 1 N–H and O–H groups in total. The summed E-state index contributed by atoms with van der Waals surface area (Å²) in [4.78, 5) is 26.9. The van der Waals surface area contributed by atoms with E-state index in [-0.39, 0.29) is 23.8 Å². The summed E-state index contributed by atoms with van der Waals surface area (Å²) in [5, 5.41) is 3.32. The summed E-state index contributed by atoms with van der Waals surface area (Å²) in [5.74, 6) is 1.41. The van der Waals surface area contributed by atoms with Gasteiger partial charge in [0, 0.05) is 24.9 Å². The highest BCUT2D eigenvalue weighted by Crippen LogP contribution is 2.41. The molecule has 4 heteroatoms. The molecule has 1 saturated heterocycles. The summed E-state index contributed by atoms with van der Waals surface area (Å²) in [7, 11) is 0. The molecule has 1 atom stereocenters. The van der Waals surface area contributed by atoms with Crippen molar-refractivity contribution < 1.29 is 9.59 Å². The highest BCUT2D eigenvalue weighted by Gasteiger charge is 2.38. The number of piperidine rings is 1.